The van der Waals surface area contributed by atoms with Gasteiger partial charge in [-0.3, -0.25) is 10.1 Å². The van der Waals surface area contributed by atoms with Crippen molar-refractivity contribution < 1.29 is 9.59 Å². The Morgan fingerprint density at radius 3 is 2.41 bits per heavy atom. The van der Waals surface area contributed by atoms with Gasteiger partial charge in [-0.25, -0.2) is 4.79 Å². The molecule has 0 heterocycles. The molecule has 0 spiro atoms. The van der Waals surface area contributed by atoms with Crippen molar-refractivity contribution in [3.8, 4) is 0 Å². The molecule has 1 aromatic rings. The van der Waals surface area contributed by atoms with E-state index in [0.29, 0.717) is 0 Å². The van der Waals surface area contributed by atoms with Gasteiger partial charge in [0.25, 0.3) is 0 Å². The average Bonchev–Trinajstić information content (AvgIpc) is 2.28. The SMILES string of the molecule is CCCc1ccc(NCC(=O)NC(N)=O)cc1. The van der Waals surface area contributed by atoms with E-state index in [9.17, 15) is 9.59 Å². The lowest BCUT2D eigenvalue weighted by Gasteiger charge is -2.06. The van der Waals surface area contributed by atoms with E-state index in [-0.39, 0.29) is 6.54 Å². The first-order chi connectivity index (χ1) is 8.11. The van der Waals surface area contributed by atoms with Crippen LogP contribution in [0.4, 0.5) is 10.5 Å². The Balaban J connectivity index is 2.41. The number of primary amides is 1. The van der Waals surface area contributed by atoms with Crippen LogP contribution in [0.3, 0.4) is 0 Å². The molecule has 5 heteroatoms. The minimum atomic E-state index is -0.838. The van der Waals surface area contributed by atoms with Gasteiger partial charge in [-0.05, 0) is 24.1 Å². The molecule has 0 saturated heterocycles. The number of hydrogen-bond acceptors (Lipinski definition) is 3. The number of aryl methyl sites for hydroxylation is 1. The zero-order valence-electron chi connectivity index (χ0n) is 9.82. The first-order valence-electron chi connectivity index (χ1n) is 5.54. The number of amides is 3. The number of imide groups is 1. The van der Waals surface area contributed by atoms with Gasteiger partial charge in [0.1, 0.15) is 0 Å². The maximum absolute atomic E-state index is 11.1. The predicted molar refractivity (Wildman–Crippen MR) is 66.7 cm³/mol. The zero-order chi connectivity index (χ0) is 12.7. The molecule has 0 aliphatic heterocycles. The number of hydrogen-bond donors (Lipinski definition) is 3. The number of carbonyl (C=O) groups is 2. The van der Waals surface area contributed by atoms with Crippen molar-refractivity contribution in [2.75, 3.05) is 11.9 Å². The second kappa shape index (κ2) is 6.52. The second-order valence-corrected chi connectivity index (χ2v) is 3.71. The summed E-state index contributed by atoms with van der Waals surface area (Å²) in [5.74, 6) is -0.449. The van der Waals surface area contributed by atoms with Gasteiger partial charge in [-0.2, -0.15) is 0 Å². The molecule has 5 nitrogen and oxygen atoms in total. The lowest BCUT2D eigenvalue weighted by molar-refractivity contribution is -0.118. The minimum absolute atomic E-state index is 0.0239. The van der Waals surface area contributed by atoms with E-state index in [1.54, 1.807) is 0 Å². The van der Waals surface area contributed by atoms with Gasteiger partial charge >= 0.3 is 6.03 Å². The second-order valence-electron chi connectivity index (χ2n) is 3.71. The summed E-state index contributed by atoms with van der Waals surface area (Å²) >= 11 is 0. The highest BCUT2D eigenvalue weighted by Crippen LogP contribution is 2.10. The van der Waals surface area contributed by atoms with Crippen LogP contribution in [0, 0.1) is 0 Å². The summed E-state index contributed by atoms with van der Waals surface area (Å²) in [6.07, 6.45) is 2.15. The molecule has 3 amide bonds. The van der Waals surface area contributed by atoms with Crippen LogP contribution in [0.2, 0.25) is 0 Å². The third-order valence-electron chi connectivity index (χ3n) is 2.21. The van der Waals surface area contributed by atoms with Crippen molar-refractivity contribution in [1.82, 2.24) is 5.32 Å². The van der Waals surface area contributed by atoms with Crippen LogP contribution in [0.1, 0.15) is 18.9 Å². The van der Waals surface area contributed by atoms with Crippen LogP contribution in [-0.4, -0.2) is 18.5 Å². The summed E-state index contributed by atoms with van der Waals surface area (Å²) in [6, 6.07) is 7.00. The first kappa shape index (κ1) is 13.0. The molecule has 0 radical (unpaired) electrons. The third-order valence-corrected chi connectivity index (χ3v) is 2.21. The number of anilines is 1. The van der Waals surface area contributed by atoms with Gasteiger partial charge in [0.05, 0.1) is 6.54 Å². The van der Waals surface area contributed by atoms with Gasteiger partial charge in [0.15, 0.2) is 0 Å². The van der Waals surface area contributed by atoms with Crippen LogP contribution in [0.5, 0.6) is 0 Å². The lowest BCUT2D eigenvalue weighted by atomic mass is 10.1. The Labute approximate surface area is 100 Å². The largest absolute Gasteiger partial charge is 0.376 e. The van der Waals surface area contributed by atoms with Crippen LogP contribution >= 0.6 is 0 Å². The Morgan fingerprint density at radius 1 is 1.24 bits per heavy atom. The summed E-state index contributed by atoms with van der Waals surface area (Å²) in [5, 5.41) is 4.88. The molecule has 0 fully saturated rings. The molecule has 0 aromatic heterocycles. The fourth-order valence-corrected chi connectivity index (χ4v) is 1.44. The highest BCUT2D eigenvalue weighted by Gasteiger charge is 2.03. The number of rotatable bonds is 5. The Kier molecular flexibility index (Phi) is 5.00. The van der Waals surface area contributed by atoms with Crippen LogP contribution < -0.4 is 16.4 Å². The van der Waals surface area contributed by atoms with Crippen LogP contribution in [0.15, 0.2) is 24.3 Å². The van der Waals surface area contributed by atoms with E-state index in [4.69, 9.17) is 5.73 Å². The summed E-state index contributed by atoms with van der Waals surface area (Å²) < 4.78 is 0. The number of urea groups is 1. The standard InChI is InChI=1S/C12H17N3O2/c1-2-3-9-4-6-10(7-5-9)14-8-11(16)15-12(13)17/h4-7,14H,2-3,8H2,1H3,(H3,13,15,16,17). The number of benzene rings is 1. The highest BCUT2D eigenvalue weighted by atomic mass is 16.2. The molecular weight excluding hydrogens is 218 g/mol. The van der Waals surface area contributed by atoms with E-state index in [2.05, 4.69) is 12.2 Å². The lowest BCUT2D eigenvalue weighted by Crippen LogP contribution is -2.38. The van der Waals surface area contributed by atoms with Gasteiger partial charge in [0.2, 0.25) is 5.91 Å². The third kappa shape index (κ3) is 5.01. The Bertz CT molecular complexity index is 387. The summed E-state index contributed by atoms with van der Waals surface area (Å²) in [6.45, 7) is 2.15. The smallest absolute Gasteiger partial charge is 0.318 e. The van der Waals surface area contributed by atoms with E-state index < -0.39 is 11.9 Å². The molecule has 0 saturated carbocycles. The highest BCUT2D eigenvalue weighted by molar-refractivity contribution is 5.95. The summed E-state index contributed by atoms with van der Waals surface area (Å²) in [7, 11) is 0. The van der Waals surface area contributed by atoms with E-state index in [0.717, 1.165) is 18.5 Å². The zero-order valence-corrected chi connectivity index (χ0v) is 9.82. The number of nitrogens with one attached hydrogen (secondary N) is 2. The van der Waals surface area contributed by atoms with Crippen molar-refractivity contribution in [2.24, 2.45) is 5.73 Å². The van der Waals surface area contributed by atoms with Crippen molar-refractivity contribution >= 4 is 17.6 Å². The monoisotopic (exact) mass is 235 g/mol. The molecule has 1 rings (SSSR count). The topological polar surface area (TPSA) is 84.2 Å². The average molecular weight is 235 g/mol. The van der Waals surface area contributed by atoms with Crippen molar-refractivity contribution in [2.45, 2.75) is 19.8 Å². The maximum atomic E-state index is 11.1. The molecule has 1 aromatic carbocycles. The van der Waals surface area contributed by atoms with Gasteiger partial charge in [0, 0.05) is 5.69 Å². The molecule has 4 N–H and O–H groups in total. The van der Waals surface area contributed by atoms with Crippen molar-refractivity contribution in [1.29, 1.82) is 0 Å². The summed E-state index contributed by atoms with van der Waals surface area (Å²) in [5.41, 5.74) is 6.92. The van der Waals surface area contributed by atoms with Crippen molar-refractivity contribution in [3.05, 3.63) is 29.8 Å². The van der Waals surface area contributed by atoms with E-state index in [1.165, 1.54) is 5.56 Å². The quantitative estimate of drug-likeness (QED) is 0.718. The van der Waals surface area contributed by atoms with E-state index in [1.807, 2.05) is 29.6 Å². The summed E-state index contributed by atoms with van der Waals surface area (Å²) in [4.78, 5) is 21.5. The maximum Gasteiger partial charge on any atom is 0.318 e. The number of carbonyl (C=O) groups excluding carboxylic acids is 2. The normalized spacial score (nSPS) is 9.71. The van der Waals surface area contributed by atoms with Gasteiger partial charge < -0.3 is 11.1 Å². The van der Waals surface area contributed by atoms with Gasteiger partial charge in [-0.15, -0.1) is 0 Å². The predicted octanol–water partition coefficient (Wildman–Crippen LogP) is 1.25. The molecule has 0 bridgehead atoms. The van der Waals surface area contributed by atoms with Gasteiger partial charge in [-0.1, -0.05) is 25.5 Å². The van der Waals surface area contributed by atoms with Crippen LogP contribution in [0.25, 0.3) is 0 Å². The fraction of sp³-hybridized carbons (Fsp3) is 0.333. The minimum Gasteiger partial charge on any atom is -0.376 e. The van der Waals surface area contributed by atoms with Crippen LogP contribution in [-0.2, 0) is 11.2 Å². The molecule has 0 aliphatic rings. The number of nitrogens with two attached hydrogens (primary N) is 1. The molecule has 0 aliphatic carbocycles. The molecule has 0 unspecified atom stereocenters. The first-order valence-corrected chi connectivity index (χ1v) is 5.54. The Morgan fingerprint density at radius 2 is 1.88 bits per heavy atom. The molecule has 17 heavy (non-hydrogen) atoms. The van der Waals surface area contributed by atoms with Crippen molar-refractivity contribution in [3.63, 3.8) is 0 Å². The fourth-order valence-electron chi connectivity index (χ4n) is 1.44. The molecule has 0 atom stereocenters. The molecular formula is C12H17N3O2. The molecule has 92 valence electrons. The Hall–Kier alpha value is -2.04. The van der Waals surface area contributed by atoms with E-state index >= 15 is 0 Å².